The summed E-state index contributed by atoms with van der Waals surface area (Å²) < 4.78 is 0. The number of hydrogen-bond donors (Lipinski definition) is 1. The minimum atomic E-state index is 0.173. The van der Waals surface area contributed by atoms with Gasteiger partial charge in [0.15, 0.2) is 0 Å². The first kappa shape index (κ1) is 8.94. The van der Waals surface area contributed by atoms with E-state index in [-0.39, 0.29) is 6.04 Å². The van der Waals surface area contributed by atoms with E-state index in [1.54, 1.807) is 6.08 Å². The minimum Gasteiger partial charge on any atom is -0.328 e. The second-order valence-electron chi connectivity index (χ2n) is 2.97. The van der Waals surface area contributed by atoms with Crippen molar-refractivity contribution in [1.82, 2.24) is 4.98 Å². The van der Waals surface area contributed by atoms with Crippen LogP contribution in [0.1, 0.15) is 18.2 Å². The first-order valence-corrected chi connectivity index (χ1v) is 4.05. The lowest BCUT2D eigenvalue weighted by atomic mass is 10.1. The van der Waals surface area contributed by atoms with Gasteiger partial charge in [0.2, 0.25) is 0 Å². The van der Waals surface area contributed by atoms with Crippen LogP contribution in [-0.2, 0) is 6.42 Å². The molecule has 0 spiro atoms. The van der Waals surface area contributed by atoms with Gasteiger partial charge in [0.25, 0.3) is 0 Å². The SMILES string of the molecule is C=Cc1ccc(CC(C)N)nc1. The molecule has 2 nitrogen and oxygen atoms in total. The molecule has 0 aliphatic rings. The fraction of sp³-hybridized carbons (Fsp3) is 0.300. The smallest absolute Gasteiger partial charge is 0.0419 e. The molecule has 0 amide bonds. The Bertz CT molecular complexity index is 249. The summed E-state index contributed by atoms with van der Waals surface area (Å²) in [5.41, 5.74) is 7.72. The van der Waals surface area contributed by atoms with Gasteiger partial charge in [0, 0.05) is 24.4 Å². The van der Waals surface area contributed by atoms with Crippen LogP contribution in [0.15, 0.2) is 24.9 Å². The maximum atomic E-state index is 5.63. The molecule has 12 heavy (non-hydrogen) atoms. The van der Waals surface area contributed by atoms with Gasteiger partial charge in [-0.15, -0.1) is 0 Å². The van der Waals surface area contributed by atoms with E-state index in [2.05, 4.69) is 11.6 Å². The van der Waals surface area contributed by atoms with Gasteiger partial charge in [0.1, 0.15) is 0 Å². The van der Waals surface area contributed by atoms with Crippen LogP contribution in [0.4, 0.5) is 0 Å². The van der Waals surface area contributed by atoms with Crippen LogP contribution in [0.25, 0.3) is 6.08 Å². The van der Waals surface area contributed by atoms with E-state index in [4.69, 9.17) is 5.73 Å². The van der Waals surface area contributed by atoms with Crippen LogP contribution in [0.3, 0.4) is 0 Å². The Kier molecular flexibility index (Phi) is 3.00. The molecule has 64 valence electrons. The first-order valence-electron chi connectivity index (χ1n) is 4.05. The van der Waals surface area contributed by atoms with E-state index in [0.717, 1.165) is 17.7 Å². The molecule has 0 aromatic carbocycles. The van der Waals surface area contributed by atoms with Crippen molar-refractivity contribution in [1.29, 1.82) is 0 Å². The molecule has 1 rings (SSSR count). The molecular weight excluding hydrogens is 148 g/mol. The number of aromatic nitrogens is 1. The third-order valence-corrected chi connectivity index (χ3v) is 1.61. The zero-order valence-electron chi connectivity index (χ0n) is 7.33. The molecule has 1 atom stereocenters. The highest BCUT2D eigenvalue weighted by atomic mass is 14.7. The van der Waals surface area contributed by atoms with E-state index in [1.165, 1.54) is 0 Å². The van der Waals surface area contributed by atoms with Gasteiger partial charge in [-0.2, -0.15) is 0 Å². The van der Waals surface area contributed by atoms with Crippen molar-refractivity contribution >= 4 is 6.08 Å². The number of rotatable bonds is 3. The molecule has 0 bridgehead atoms. The van der Waals surface area contributed by atoms with Crippen molar-refractivity contribution in [2.45, 2.75) is 19.4 Å². The molecule has 2 heteroatoms. The van der Waals surface area contributed by atoms with Gasteiger partial charge in [-0.1, -0.05) is 18.7 Å². The minimum absolute atomic E-state index is 0.173. The van der Waals surface area contributed by atoms with Gasteiger partial charge < -0.3 is 5.73 Å². The summed E-state index contributed by atoms with van der Waals surface area (Å²) in [5.74, 6) is 0. The topological polar surface area (TPSA) is 38.9 Å². The van der Waals surface area contributed by atoms with Crippen LogP contribution in [0.5, 0.6) is 0 Å². The number of nitrogens with two attached hydrogens (primary N) is 1. The maximum Gasteiger partial charge on any atom is 0.0419 e. The summed E-state index contributed by atoms with van der Waals surface area (Å²) in [6.45, 7) is 5.63. The van der Waals surface area contributed by atoms with Crippen LogP contribution in [0.2, 0.25) is 0 Å². The predicted octanol–water partition coefficient (Wildman–Crippen LogP) is 1.61. The molecule has 1 aromatic rings. The Morgan fingerprint density at radius 2 is 2.42 bits per heavy atom. The van der Waals surface area contributed by atoms with Gasteiger partial charge >= 0.3 is 0 Å². The Balaban J connectivity index is 2.71. The Morgan fingerprint density at radius 1 is 1.67 bits per heavy atom. The number of hydrogen-bond acceptors (Lipinski definition) is 2. The van der Waals surface area contributed by atoms with Crippen LogP contribution >= 0.6 is 0 Å². The summed E-state index contributed by atoms with van der Waals surface area (Å²) in [4.78, 5) is 4.24. The van der Waals surface area contributed by atoms with E-state index < -0.39 is 0 Å². The molecule has 2 N–H and O–H groups in total. The van der Waals surface area contributed by atoms with Crippen molar-refractivity contribution < 1.29 is 0 Å². The quantitative estimate of drug-likeness (QED) is 0.733. The summed E-state index contributed by atoms with van der Waals surface area (Å²) in [7, 11) is 0. The van der Waals surface area contributed by atoms with Crippen molar-refractivity contribution in [3.8, 4) is 0 Å². The zero-order chi connectivity index (χ0) is 8.97. The summed E-state index contributed by atoms with van der Waals surface area (Å²) in [6, 6.07) is 4.16. The monoisotopic (exact) mass is 162 g/mol. The highest BCUT2D eigenvalue weighted by Gasteiger charge is 1.97. The van der Waals surface area contributed by atoms with E-state index in [1.807, 2.05) is 25.3 Å². The predicted molar refractivity (Wildman–Crippen MR) is 51.7 cm³/mol. The highest BCUT2D eigenvalue weighted by Crippen LogP contribution is 2.02. The van der Waals surface area contributed by atoms with Gasteiger partial charge in [-0.3, -0.25) is 4.98 Å². The molecule has 0 radical (unpaired) electrons. The molecule has 1 heterocycles. The normalized spacial score (nSPS) is 12.5. The molecule has 1 unspecified atom stereocenters. The van der Waals surface area contributed by atoms with Gasteiger partial charge in [0.05, 0.1) is 0 Å². The average molecular weight is 162 g/mol. The van der Waals surface area contributed by atoms with Gasteiger partial charge in [-0.05, 0) is 18.6 Å². The highest BCUT2D eigenvalue weighted by molar-refractivity contribution is 5.44. The molecule has 1 aromatic heterocycles. The van der Waals surface area contributed by atoms with Gasteiger partial charge in [-0.25, -0.2) is 0 Å². The lowest BCUT2D eigenvalue weighted by molar-refractivity contribution is 0.722. The Labute approximate surface area is 73.1 Å². The zero-order valence-corrected chi connectivity index (χ0v) is 7.33. The number of nitrogens with zero attached hydrogens (tertiary/aromatic N) is 1. The lowest BCUT2D eigenvalue weighted by Gasteiger charge is -2.03. The molecular formula is C10H14N2. The van der Waals surface area contributed by atoms with Crippen LogP contribution < -0.4 is 5.73 Å². The van der Waals surface area contributed by atoms with E-state index in [9.17, 15) is 0 Å². The van der Waals surface area contributed by atoms with Crippen molar-refractivity contribution in [2.75, 3.05) is 0 Å². The fourth-order valence-electron chi connectivity index (χ4n) is 1.01. The molecule has 0 fully saturated rings. The summed E-state index contributed by atoms with van der Waals surface area (Å²) >= 11 is 0. The fourth-order valence-corrected chi connectivity index (χ4v) is 1.01. The van der Waals surface area contributed by atoms with Crippen molar-refractivity contribution in [2.24, 2.45) is 5.73 Å². The standard InChI is InChI=1S/C10H14N2/c1-3-9-4-5-10(12-7-9)6-8(2)11/h3-5,7-8H,1,6,11H2,2H3. The second kappa shape index (κ2) is 4.02. The van der Waals surface area contributed by atoms with E-state index in [0.29, 0.717) is 0 Å². The third-order valence-electron chi connectivity index (χ3n) is 1.61. The Hall–Kier alpha value is -1.15. The van der Waals surface area contributed by atoms with E-state index >= 15 is 0 Å². The summed E-state index contributed by atoms with van der Waals surface area (Å²) in [6.07, 6.45) is 4.42. The average Bonchev–Trinajstić information content (AvgIpc) is 2.05. The first-order chi connectivity index (χ1) is 5.72. The second-order valence-corrected chi connectivity index (χ2v) is 2.97. The van der Waals surface area contributed by atoms with Crippen molar-refractivity contribution in [3.63, 3.8) is 0 Å². The molecule has 0 saturated heterocycles. The third kappa shape index (κ3) is 2.47. The summed E-state index contributed by atoms with van der Waals surface area (Å²) in [5, 5.41) is 0. The molecule has 0 aliphatic heterocycles. The number of pyridine rings is 1. The van der Waals surface area contributed by atoms with Crippen LogP contribution in [0, 0.1) is 0 Å². The largest absolute Gasteiger partial charge is 0.328 e. The lowest BCUT2D eigenvalue weighted by Crippen LogP contribution is -2.18. The van der Waals surface area contributed by atoms with Crippen molar-refractivity contribution in [3.05, 3.63) is 36.2 Å². The maximum absolute atomic E-state index is 5.63. The Morgan fingerprint density at radius 3 is 2.83 bits per heavy atom. The molecule has 0 aliphatic carbocycles. The van der Waals surface area contributed by atoms with Crippen LogP contribution in [-0.4, -0.2) is 11.0 Å². The molecule has 0 saturated carbocycles.